The number of aliphatic hydroxyl groups is 1. The minimum Gasteiger partial charge on any atom is -0.481 e. The highest BCUT2D eigenvalue weighted by Crippen LogP contribution is 2.18. The third kappa shape index (κ3) is 1.75. The summed E-state index contributed by atoms with van der Waals surface area (Å²) in [6, 6.07) is 0. The predicted octanol–water partition coefficient (Wildman–Crippen LogP) is -1.39. The van der Waals surface area contributed by atoms with Crippen molar-refractivity contribution in [1.82, 2.24) is 0 Å². The maximum atomic E-state index is 10.3. The summed E-state index contributed by atoms with van der Waals surface area (Å²) in [4.78, 5) is 30.9. The number of carboxylic acid groups (broad SMARTS) is 3. The summed E-state index contributed by atoms with van der Waals surface area (Å²) in [7, 11) is 0. The fourth-order valence-corrected chi connectivity index (χ4v) is 0.641. The lowest BCUT2D eigenvalue weighted by Crippen LogP contribution is -2.54. The van der Waals surface area contributed by atoms with E-state index in [2.05, 4.69) is 0 Å². The average Bonchev–Trinajstić information content (AvgIpc) is 2.00. The van der Waals surface area contributed by atoms with Gasteiger partial charge in [-0.05, 0) is 6.92 Å². The third-order valence-electron chi connectivity index (χ3n) is 1.65. The van der Waals surface area contributed by atoms with Gasteiger partial charge in [-0.25, -0.2) is 9.59 Å². The summed E-state index contributed by atoms with van der Waals surface area (Å²) in [5.41, 5.74) is -3.29. The predicted molar refractivity (Wildman–Crippen MR) is 37.0 cm³/mol. The number of aliphatic carboxylic acids is 3. The molecule has 0 aromatic heterocycles. The van der Waals surface area contributed by atoms with Gasteiger partial charge in [-0.1, -0.05) is 0 Å². The van der Waals surface area contributed by atoms with Gasteiger partial charge in [0.2, 0.25) is 0 Å². The van der Waals surface area contributed by atoms with Crippen LogP contribution in [-0.2, 0) is 14.4 Å². The van der Waals surface area contributed by atoms with E-state index in [1.807, 2.05) is 0 Å². The molecule has 0 rings (SSSR count). The van der Waals surface area contributed by atoms with Crippen LogP contribution in [0.3, 0.4) is 0 Å². The molecule has 0 saturated heterocycles. The highest BCUT2D eigenvalue weighted by Gasteiger charge is 2.53. The molecule has 0 fully saturated rings. The smallest absolute Gasteiger partial charge is 0.348 e. The van der Waals surface area contributed by atoms with Crippen molar-refractivity contribution in [2.45, 2.75) is 12.5 Å². The highest BCUT2D eigenvalue weighted by molar-refractivity contribution is 6.05. The molecular formula is C6H8O7. The van der Waals surface area contributed by atoms with E-state index in [4.69, 9.17) is 20.4 Å². The van der Waals surface area contributed by atoms with Crippen LogP contribution in [0.25, 0.3) is 0 Å². The summed E-state index contributed by atoms with van der Waals surface area (Å²) in [6.45, 7) is 0.796. The van der Waals surface area contributed by atoms with E-state index < -0.39 is 29.4 Å². The molecule has 4 N–H and O–H groups in total. The van der Waals surface area contributed by atoms with Gasteiger partial charge in [0.15, 0.2) is 0 Å². The molecule has 1 unspecified atom stereocenters. The molecule has 0 aliphatic rings. The van der Waals surface area contributed by atoms with Gasteiger partial charge in [-0.3, -0.25) is 4.79 Å². The average molecular weight is 192 g/mol. The SMILES string of the molecule is CC(C(=O)O)C(O)(C(=O)O)C(=O)O. The van der Waals surface area contributed by atoms with Gasteiger partial charge in [0.25, 0.3) is 5.60 Å². The second-order valence-electron chi connectivity index (χ2n) is 2.44. The van der Waals surface area contributed by atoms with E-state index in [1.165, 1.54) is 0 Å². The first-order valence-electron chi connectivity index (χ1n) is 3.16. The zero-order chi connectivity index (χ0) is 10.8. The minimum atomic E-state index is -3.29. The van der Waals surface area contributed by atoms with E-state index in [-0.39, 0.29) is 0 Å². The second kappa shape index (κ2) is 3.40. The lowest BCUT2D eigenvalue weighted by Gasteiger charge is -2.21. The molecular weight excluding hydrogens is 184 g/mol. The molecule has 0 aliphatic heterocycles. The van der Waals surface area contributed by atoms with E-state index in [0.717, 1.165) is 6.92 Å². The number of hydrogen-bond donors (Lipinski definition) is 4. The number of hydrogen-bond acceptors (Lipinski definition) is 4. The van der Waals surface area contributed by atoms with Gasteiger partial charge in [0.1, 0.15) is 5.92 Å². The maximum absolute atomic E-state index is 10.3. The first-order chi connectivity index (χ1) is 5.74. The van der Waals surface area contributed by atoms with E-state index >= 15 is 0 Å². The van der Waals surface area contributed by atoms with Crippen LogP contribution in [0.5, 0.6) is 0 Å². The second-order valence-corrected chi connectivity index (χ2v) is 2.44. The fourth-order valence-electron chi connectivity index (χ4n) is 0.641. The zero-order valence-corrected chi connectivity index (χ0v) is 6.59. The normalized spacial score (nSPS) is 13.4. The molecule has 13 heavy (non-hydrogen) atoms. The molecule has 0 amide bonds. The molecule has 1 atom stereocenters. The Labute approximate surface area is 72.2 Å². The van der Waals surface area contributed by atoms with Crippen molar-refractivity contribution in [1.29, 1.82) is 0 Å². The summed E-state index contributed by atoms with van der Waals surface area (Å²) in [6.07, 6.45) is 0. The van der Waals surface area contributed by atoms with Crippen molar-refractivity contribution < 1.29 is 34.8 Å². The van der Waals surface area contributed by atoms with Crippen molar-refractivity contribution in [2.75, 3.05) is 0 Å². The van der Waals surface area contributed by atoms with Gasteiger partial charge in [0.05, 0.1) is 0 Å². The largest absolute Gasteiger partial charge is 0.481 e. The Morgan fingerprint density at radius 2 is 1.38 bits per heavy atom. The molecule has 0 bridgehead atoms. The van der Waals surface area contributed by atoms with Crippen molar-refractivity contribution >= 4 is 17.9 Å². The molecule has 7 heteroatoms. The summed E-state index contributed by atoms with van der Waals surface area (Å²) in [5.74, 6) is -7.83. The Balaban J connectivity index is 5.13. The minimum absolute atomic E-state index is 0.796. The molecule has 0 aromatic carbocycles. The molecule has 7 nitrogen and oxygen atoms in total. The first kappa shape index (κ1) is 11.4. The van der Waals surface area contributed by atoms with Gasteiger partial charge in [-0.2, -0.15) is 0 Å². The van der Waals surface area contributed by atoms with Gasteiger partial charge in [-0.15, -0.1) is 0 Å². The van der Waals surface area contributed by atoms with Crippen molar-refractivity contribution in [3.05, 3.63) is 0 Å². The Hall–Kier alpha value is -1.63. The zero-order valence-electron chi connectivity index (χ0n) is 6.59. The van der Waals surface area contributed by atoms with Crippen LogP contribution in [0.4, 0.5) is 0 Å². The molecule has 0 aromatic rings. The van der Waals surface area contributed by atoms with Gasteiger partial charge >= 0.3 is 17.9 Å². The van der Waals surface area contributed by atoms with Gasteiger partial charge in [0, 0.05) is 0 Å². The summed E-state index contributed by atoms with van der Waals surface area (Å²) < 4.78 is 0. The first-order valence-corrected chi connectivity index (χ1v) is 3.16. The molecule has 74 valence electrons. The lowest BCUT2D eigenvalue weighted by molar-refractivity contribution is -0.187. The van der Waals surface area contributed by atoms with Crippen LogP contribution in [0.15, 0.2) is 0 Å². The topological polar surface area (TPSA) is 132 Å². The van der Waals surface area contributed by atoms with E-state index in [9.17, 15) is 14.4 Å². The molecule has 0 heterocycles. The number of carbonyl (C=O) groups is 3. The van der Waals surface area contributed by atoms with E-state index in [0.29, 0.717) is 0 Å². The van der Waals surface area contributed by atoms with Crippen molar-refractivity contribution in [3.63, 3.8) is 0 Å². The van der Waals surface area contributed by atoms with Crippen LogP contribution >= 0.6 is 0 Å². The molecule has 0 spiro atoms. The number of rotatable bonds is 4. The Morgan fingerprint density at radius 1 is 1.08 bits per heavy atom. The lowest BCUT2D eigenvalue weighted by atomic mass is 9.89. The van der Waals surface area contributed by atoms with Crippen LogP contribution in [0.2, 0.25) is 0 Å². The van der Waals surface area contributed by atoms with E-state index in [1.54, 1.807) is 0 Å². The number of carboxylic acids is 3. The van der Waals surface area contributed by atoms with Crippen molar-refractivity contribution in [3.8, 4) is 0 Å². The Kier molecular flexibility index (Phi) is 2.97. The summed E-state index contributed by atoms with van der Waals surface area (Å²) in [5, 5.41) is 34.0. The van der Waals surface area contributed by atoms with Crippen LogP contribution < -0.4 is 0 Å². The summed E-state index contributed by atoms with van der Waals surface area (Å²) >= 11 is 0. The standard InChI is InChI=1S/C6H8O7/c1-2(3(7)8)6(13,4(9)10)5(11)12/h2,13H,1H3,(H,7,8)(H,9,10)(H,11,12). The van der Waals surface area contributed by atoms with Crippen LogP contribution in [0.1, 0.15) is 6.92 Å². The molecule has 0 radical (unpaired) electrons. The Morgan fingerprint density at radius 3 is 1.46 bits per heavy atom. The van der Waals surface area contributed by atoms with Crippen molar-refractivity contribution in [2.24, 2.45) is 5.92 Å². The monoisotopic (exact) mass is 192 g/mol. The quantitative estimate of drug-likeness (QED) is 0.403. The molecule has 0 saturated carbocycles. The fraction of sp³-hybridized carbons (Fsp3) is 0.500. The van der Waals surface area contributed by atoms with Gasteiger partial charge < -0.3 is 20.4 Å². The highest BCUT2D eigenvalue weighted by atomic mass is 16.5. The maximum Gasteiger partial charge on any atom is 0.348 e. The third-order valence-corrected chi connectivity index (χ3v) is 1.65. The van der Waals surface area contributed by atoms with Crippen LogP contribution in [0, 0.1) is 5.92 Å². The Bertz CT molecular complexity index is 242. The molecule has 0 aliphatic carbocycles. The van der Waals surface area contributed by atoms with Crippen LogP contribution in [-0.4, -0.2) is 43.9 Å².